The number of para-hydroxylation sites is 2. The molecule has 1 aliphatic rings. The topological polar surface area (TPSA) is 64.1 Å². The number of rotatable bonds is 9. The Bertz CT molecular complexity index is 737. The SMILES string of the molecule is CN=C(NCCCCOCc1ccccc1)NCC1COc2ccccc2O1. The van der Waals surface area contributed by atoms with Gasteiger partial charge in [-0.25, -0.2) is 0 Å². The number of unbranched alkanes of at least 4 members (excludes halogenated alkanes) is 1. The Kier molecular flexibility index (Phi) is 8.00. The molecule has 0 saturated heterocycles. The Morgan fingerprint density at radius 2 is 1.82 bits per heavy atom. The first kappa shape index (κ1) is 20.0. The molecule has 0 radical (unpaired) electrons. The van der Waals surface area contributed by atoms with E-state index >= 15 is 0 Å². The van der Waals surface area contributed by atoms with Crippen molar-refractivity contribution in [2.45, 2.75) is 25.6 Å². The number of nitrogens with zero attached hydrogens (tertiary/aromatic N) is 1. The van der Waals surface area contributed by atoms with Gasteiger partial charge in [-0.2, -0.15) is 0 Å². The molecule has 0 aromatic heterocycles. The number of hydrogen-bond donors (Lipinski definition) is 2. The lowest BCUT2D eigenvalue weighted by molar-refractivity contribution is 0.0936. The lowest BCUT2D eigenvalue weighted by Gasteiger charge is -2.27. The predicted octanol–water partition coefficient (Wildman–Crippen LogP) is 2.99. The number of nitrogens with one attached hydrogen (secondary N) is 2. The molecule has 3 rings (SSSR count). The van der Waals surface area contributed by atoms with Crippen molar-refractivity contribution >= 4 is 5.96 Å². The highest BCUT2D eigenvalue weighted by Gasteiger charge is 2.20. The molecule has 2 aromatic carbocycles. The molecule has 0 spiro atoms. The molecule has 0 fully saturated rings. The van der Waals surface area contributed by atoms with Gasteiger partial charge in [0.05, 0.1) is 13.2 Å². The van der Waals surface area contributed by atoms with Gasteiger partial charge in [-0.3, -0.25) is 4.99 Å². The molecule has 1 unspecified atom stereocenters. The monoisotopic (exact) mass is 383 g/mol. The van der Waals surface area contributed by atoms with Crippen LogP contribution in [-0.4, -0.2) is 45.4 Å². The molecule has 28 heavy (non-hydrogen) atoms. The number of aliphatic imine (C=N–C) groups is 1. The maximum absolute atomic E-state index is 5.95. The van der Waals surface area contributed by atoms with Gasteiger partial charge in [-0.15, -0.1) is 0 Å². The number of hydrogen-bond acceptors (Lipinski definition) is 4. The van der Waals surface area contributed by atoms with Gasteiger partial charge in [0, 0.05) is 20.2 Å². The Labute approximate surface area is 166 Å². The van der Waals surface area contributed by atoms with E-state index in [1.165, 1.54) is 5.56 Å². The van der Waals surface area contributed by atoms with Crippen LogP contribution in [0.4, 0.5) is 0 Å². The molecule has 0 amide bonds. The van der Waals surface area contributed by atoms with E-state index in [1.807, 2.05) is 42.5 Å². The summed E-state index contributed by atoms with van der Waals surface area (Å²) >= 11 is 0. The van der Waals surface area contributed by atoms with Crippen LogP contribution in [0.5, 0.6) is 11.5 Å². The van der Waals surface area contributed by atoms with E-state index in [1.54, 1.807) is 7.05 Å². The third-order valence-electron chi connectivity index (χ3n) is 4.41. The predicted molar refractivity (Wildman–Crippen MR) is 111 cm³/mol. The fraction of sp³-hybridized carbons (Fsp3) is 0.409. The van der Waals surface area contributed by atoms with Gasteiger partial charge in [-0.05, 0) is 30.5 Å². The van der Waals surface area contributed by atoms with Crippen LogP contribution in [0.25, 0.3) is 0 Å². The van der Waals surface area contributed by atoms with Crippen molar-refractivity contribution in [1.29, 1.82) is 0 Å². The molecule has 1 atom stereocenters. The van der Waals surface area contributed by atoms with Crippen molar-refractivity contribution in [3.05, 3.63) is 60.2 Å². The Balaban J connectivity index is 1.25. The molecule has 2 aromatic rings. The lowest BCUT2D eigenvalue weighted by atomic mass is 10.2. The van der Waals surface area contributed by atoms with Gasteiger partial charge >= 0.3 is 0 Å². The standard InChI is InChI=1S/C22H29N3O3/c1-23-22(24-13-7-8-14-26-16-18-9-3-2-4-10-18)25-15-19-17-27-20-11-5-6-12-21(20)28-19/h2-6,9-12,19H,7-8,13-17H2,1H3,(H2,23,24,25). The number of ether oxygens (including phenoxy) is 3. The molecule has 0 saturated carbocycles. The Morgan fingerprint density at radius 3 is 2.64 bits per heavy atom. The summed E-state index contributed by atoms with van der Waals surface area (Å²) in [6.07, 6.45) is 1.99. The zero-order valence-electron chi connectivity index (χ0n) is 16.4. The van der Waals surface area contributed by atoms with Gasteiger partial charge in [-0.1, -0.05) is 42.5 Å². The first-order valence-corrected chi connectivity index (χ1v) is 9.80. The van der Waals surface area contributed by atoms with E-state index in [-0.39, 0.29) is 6.10 Å². The summed E-state index contributed by atoms with van der Waals surface area (Å²) in [6.45, 7) is 3.44. The quantitative estimate of drug-likeness (QED) is 0.396. The summed E-state index contributed by atoms with van der Waals surface area (Å²) < 4.78 is 17.4. The van der Waals surface area contributed by atoms with Crippen molar-refractivity contribution in [3.63, 3.8) is 0 Å². The van der Waals surface area contributed by atoms with E-state index in [4.69, 9.17) is 14.2 Å². The minimum Gasteiger partial charge on any atom is -0.486 e. The third-order valence-corrected chi connectivity index (χ3v) is 4.41. The van der Waals surface area contributed by atoms with Crippen LogP contribution in [0.15, 0.2) is 59.6 Å². The second-order valence-corrected chi connectivity index (χ2v) is 6.62. The van der Waals surface area contributed by atoms with E-state index < -0.39 is 0 Å². The molecule has 6 nitrogen and oxygen atoms in total. The summed E-state index contributed by atoms with van der Waals surface area (Å²) in [4.78, 5) is 4.26. The molecular formula is C22H29N3O3. The molecule has 0 aliphatic carbocycles. The molecule has 150 valence electrons. The van der Waals surface area contributed by atoms with Crippen LogP contribution in [-0.2, 0) is 11.3 Å². The van der Waals surface area contributed by atoms with Crippen LogP contribution in [0.1, 0.15) is 18.4 Å². The smallest absolute Gasteiger partial charge is 0.191 e. The number of benzene rings is 2. The summed E-state index contributed by atoms with van der Waals surface area (Å²) in [6, 6.07) is 18.0. The molecular weight excluding hydrogens is 354 g/mol. The lowest BCUT2D eigenvalue weighted by Crippen LogP contribution is -2.45. The van der Waals surface area contributed by atoms with Crippen molar-refractivity contribution < 1.29 is 14.2 Å². The normalized spacial score (nSPS) is 15.9. The van der Waals surface area contributed by atoms with Gasteiger partial charge in [0.1, 0.15) is 12.7 Å². The summed E-state index contributed by atoms with van der Waals surface area (Å²) in [5, 5.41) is 6.62. The van der Waals surface area contributed by atoms with Gasteiger partial charge in [0.15, 0.2) is 17.5 Å². The highest BCUT2D eigenvalue weighted by Crippen LogP contribution is 2.30. The van der Waals surface area contributed by atoms with Crippen LogP contribution in [0.3, 0.4) is 0 Å². The van der Waals surface area contributed by atoms with Crippen molar-refractivity contribution in [2.75, 3.05) is 33.4 Å². The first-order valence-electron chi connectivity index (χ1n) is 9.80. The molecule has 2 N–H and O–H groups in total. The number of guanidine groups is 1. The summed E-state index contributed by atoms with van der Waals surface area (Å²) in [5.41, 5.74) is 1.21. The van der Waals surface area contributed by atoms with Crippen LogP contribution in [0, 0.1) is 0 Å². The van der Waals surface area contributed by atoms with E-state index in [9.17, 15) is 0 Å². The van der Waals surface area contributed by atoms with Gasteiger partial charge in [0.25, 0.3) is 0 Å². The first-order chi connectivity index (χ1) is 13.8. The zero-order valence-corrected chi connectivity index (χ0v) is 16.4. The van der Waals surface area contributed by atoms with E-state index in [2.05, 4.69) is 27.8 Å². The second-order valence-electron chi connectivity index (χ2n) is 6.62. The Morgan fingerprint density at radius 1 is 1.04 bits per heavy atom. The average molecular weight is 383 g/mol. The molecule has 6 heteroatoms. The summed E-state index contributed by atoms with van der Waals surface area (Å²) in [7, 11) is 1.77. The van der Waals surface area contributed by atoms with Crippen molar-refractivity contribution in [2.24, 2.45) is 4.99 Å². The highest BCUT2D eigenvalue weighted by atomic mass is 16.6. The maximum Gasteiger partial charge on any atom is 0.191 e. The second kappa shape index (κ2) is 11.2. The van der Waals surface area contributed by atoms with Crippen LogP contribution >= 0.6 is 0 Å². The highest BCUT2D eigenvalue weighted by molar-refractivity contribution is 5.79. The Hall–Kier alpha value is -2.73. The molecule has 0 bridgehead atoms. The fourth-order valence-corrected chi connectivity index (χ4v) is 2.89. The third kappa shape index (κ3) is 6.46. The molecule has 1 aliphatic heterocycles. The van der Waals surface area contributed by atoms with Crippen molar-refractivity contribution in [3.8, 4) is 11.5 Å². The van der Waals surface area contributed by atoms with E-state index in [0.717, 1.165) is 43.5 Å². The van der Waals surface area contributed by atoms with Gasteiger partial charge in [0.2, 0.25) is 0 Å². The maximum atomic E-state index is 5.95. The molecule has 1 heterocycles. The minimum absolute atomic E-state index is 0.0418. The average Bonchev–Trinajstić information content (AvgIpc) is 2.75. The van der Waals surface area contributed by atoms with Gasteiger partial charge < -0.3 is 24.8 Å². The minimum atomic E-state index is -0.0418. The van der Waals surface area contributed by atoms with Crippen LogP contribution in [0.2, 0.25) is 0 Å². The van der Waals surface area contributed by atoms with Crippen LogP contribution < -0.4 is 20.1 Å². The van der Waals surface area contributed by atoms with E-state index in [0.29, 0.717) is 19.8 Å². The summed E-state index contributed by atoms with van der Waals surface area (Å²) in [5.74, 6) is 2.36. The largest absolute Gasteiger partial charge is 0.486 e. The zero-order chi connectivity index (χ0) is 19.4. The number of fused-ring (bicyclic) bond motifs is 1. The fourth-order valence-electron chi connectivity index (χ4n) is 2.89. The van der Waals surface area contributed by atoms with Crippen molar-refractivity contribution in [1.82, 2.24) is 10.6 Å².